The summed E-state index contributed by atoms with van der Waals surface area (Å²) in [6.45, 7) is 8.81. The number of aryl methyl sites for hydroxylation is 1. The minimum absolute atomic E-state index is 0.00841. The average Bonchev–Trinajstić information content (AvgIpc) is 3.54. The molecule has 1 fully saturated rings. The third-order valence-electron chi connectivity index (χ3n) is 7.87. The largest absolute Gasteiger partial charge is 0.445 e. The Hall–Kier alpha value is -4.42. The molecule has 13 heteroatoms. The van der Waals surface area contributed by atoms with Crippen LogP contribution in [0.2, 0.25) is 0 Å². The zero-order valence-corrected chi connectivity index (χ0v) is 25.7. The van der Waals surface area contributed by atoms with Crippen LogP contribution in [0.5, 0.6) is 0 Å². The number of anilines is 1. The zero-order chi connectivity index (χ0) is 32.7. The molecular formula is C32H35F4N5O4. The van der Waals surface area contributed by atoms with Crippen LogP contribution in [0.3, 0.4) is 0 Å². The van der Waals surface area contributed by atoms with E-state index in [1.807, 2.05) is 30.3 Å². The molecule has 1 aromatic heterocycles. The third-order valence-corrected chi connectivity index (χ3v) is 7.87. The summed E-state index contributed by atoms with van der Waals surface area (Å²) in [7, 11) is 0. The first-order chi connectivity index (χ1) is 21.1. The van der Waals surface area contributed by atoms with E-state index in [0.717, 1.165) is 11.6 Å². The van der Waals surface area contributed by atoms with E-state index in [2.05, 4.69) is 10.3 Å². The summed E-state index contributed by atoms with van der Waals surface area (Å²) < 4.78 is 66.6. The van der Waals surface area contributed by atoms with Crippen molar-refractivity contribution < 1.29 is 36.6 Å². The third kappa shape index (κ3) is 6.52. The molecule has 1 saturated heterocycles. The van der Waals surface area contributed by atoms with Gasteiger partial charge in [0.1, 0.15) is 35.2 Å². The number of carbonyl (C=O) groups excluding carboxylic acids is 2. The molecule has 5 rings (SSSR count). The average molecular weight is 630 g/mol. The molecule has 1 spiro atoms. The Labute approximate surface area is 258 Å². The van der Waals surface area contributed by atoms with Crippen molar-refractivity contribution in [3.05, 3.63) is 88.1 Å². The summed E-state index contributed by atoms with van der Waals surface area (Å²) in [5, 5.41) is 3.07. The van der Waals surface area contributed by atoms with Gasteiger partial charge < -0.3 is 19.7 Å². The highest BCUT2D eigenvalue weighted by atomic mass is 19.4. The minimum atomic E-state index is -4.86. The van der Waals surface area contributed by atoms with Crippen molar-refractivity contribution in [1.82, 2.24) is 19.8 Å². The van der Waals surface area contributed by atoms with Gasteiger partial charge in [-0.15, -0.1) is 0 Å². The lowest BCUT2D eigenvalue weighted by molar-refractivity contribution is -0.140. The normalized spacial score (nSPS) is 18.6. The lowest BCUT2D eigenvalue weighted by Crippen LogP contribution is -2.48. The molecule has 3 heterocycles. The van der Waals surface area contributed by atoms with Crippen molar-refractivity contribution in [3.63, 3.8) is 0 Å². The highest BCUT2D eigenvalue weighted by molar-refractivity contribution is 5.74. The predicted molar refractivity (Wildman–Crippen MR) is 156 cm³/mol. The fourth-order valence-electron chi connectivity index (χ4n) is 5.80. The number of halogens is 4. The summed E-state index contributed by atoms with van der Waals surface area (Å²) in [5.41, 5.74) is -1.61. The molecule has 0 aliphatic carbocycles. The number of aromatic nitrogens is 2. The molecule has 2 aliphatic rings. The first-order valence-electron chi connectivity index (χ1n) is 14.6. The standard InChI is InChI=1S/C32H35F4N5O4/c1-19(22-12-9-13-24(25(22)33)32(34,35)36)37-27-23-16-41(29(43)44-17-21-10-7-6-8-11-21)31(26(23)38-20(2)39-27)14-15-40(18-31)28(42)45-30(3,4)5/h6-13,19H,14-18H2,1-5H3,(H,37,38,39)/t19-,31?/m1/s1. The highest BCUT2D eigenvalue weighted by Crippen LogP contribution is 2.47. The second kappa shape index (κ2) is 11.8. The van der Waals surface area contributed by atoms with Crippen LogP contribution in [0.1, 0.15) is 73.9 Å². The Morgan fingerprint density at radius 3 is 2.42 bits per heavy atom. The van der Waals surface area contributed by atoms with Crippen LogP contribution in [0.4, 0.5) is 33.0 Å². The molecule has 45 heavy (non-hydrogen) atoms. The maximum absolute atomic E-state index is 15.0. The van der Waals surface area contributed by atoms with Gasteiger partial charge in [-0.2, -0.15) is 13.2 Å². The van der Waals surface area contributed by atoms with E-state index >= 15 is 4.39 Å². The molecular weight excluding hydrogens is 594 g/mol. The van der Waals surface area contributed by atoms with E-state index in [9.17, 15) is 22.8 Å². The van der Waals surface area contributed by atoms with Crippen molar-refractivity contribution in [2.24, 2.45) is 0 Å². The van der Waals surface area contributed by atoms with Crippen LogP contribution < -0.4 is 5.32 Å². The number of fused-ring (bicyclic) bond motifs is 2. The fraction of sp³-hybridized carbons (Fsp3) is 0.438. The summed E-state index contributed by atoms with van der Waals surface area (Å²) in [5.74, 6) is -0.809. The zero-order valence-electron chi connectivity index (χ0n) is 25.7. The second-order valence-electron chi connectivity index (χ2n) is 12.3. The molecule has 0 bridgehead atoms. The number of rotatable bonds is 5. The number of nitrogens with zero attached hydrogens (tertiary/aromatic N) is 4. The lowest BCUT2D eigenvalue weighted by Gasteiger charge is -2.34. The molecule has 1 unspecified atom stereocenters. The van der Waals surface area contributed by atoms with Gasteiger partial charge in [0.15, 0.2) is 0 Å². The van der Waals surface area contributed by atoms with Crippen LogP contribution in [-0.4, -0.2) is 50.6 Å². The number of amides is 2. The number of ether oxygens (including phenoxy) is 2. The van der Waals surface area contributed by atoms with Gasteiger partial charge in [-0.3, -0.25) is 4.90 Å². The SMILES string of the molecule is Cc1nc(N[C@H](C)c2cccc(C(F)(F)F)c2F)c2c(n1)C1(CCN(C(=O)OC(C)(C)C)C1)N(C(=O)OCc1ccccc1)C2. The first kappa shape index (κ1) is 32.0. The molecule has 9 nitrogen and oxygen atoms in total. The molecule has 2 atom stereocenters. The van der Waals surface area contributed by atoms with E-state index < -0.39 is 46.9 Å². The van der Waals surface area contributed by atoms with Crippen LogP contribution in [0, 0.1) is 12.7 Å². The number of hydrogen-bond donors (Lipinski definition) is 1. The molecule has 3 aromatic rings. The lowest BCUT2D eigenvalue weighted by atomic mass is 9.93. The molecule has 2 amide bonds. The van der Waals surface area contributed by atoms with Gasteiger partial charge in [0.2, 0.25) is 0 Å². The molecule has 0 saturated carbocycles. The summed E-state index contributed by atoms with van der Waals surface area (Å²) >= 11 is 0. The Morgan fingerprint density at radius 1 is 1.04 bits per heavy atom. The molecule has 240 valence electrons. The quantitative estimate of drug-likeness (QED) is 0.301. The van der Waals surface area contributed by atoms with Crippen LogP contribution in [-0.2, 0) is 34.3 Å². The fourth-order valence-corrected chi connectivity index (χ4v) is 5.80. The van der Waals surface area contributed by atoms with Crippen molar-refractivity contribution in [2.75, 3.05) is 18.4 Å². The van der Waals surface area contributed by atoms with Crippen LogP contribution in [0.25, 0.3) is 0 Å². The minimum Gasteiger partial charge on any atom is -0.445 e. The Bertz CT molecular complexity index is 1590. The van der Waals surface area contributed by atoms with Gasteiger partial charge in [0, 0.05) is 17.7 Å². The van der Waals surface area contributed by atoms with E-state index in [1.54, 1.807) is 27.7 Å². The second-order valence-corrected chi connectivity index (χ2v) is 12.3. The van der Waals surface area contributed by atoms with Gasteiger partial charge in [0.05, 0.1) is 30.4 Å². The van der Waals surface area contributed by atoms with E-state index in [-0.39, 0.29) is 37.6 Å². The Morgan fingerprint density at radius 2 is 1.76 bits per heavy atom. The number of benzene rings is 2. The van der Waals surface area contributed by atoms with Crippen molar-refractivity contribution >= 4 is 18.0 Å². The monoisotopic (exact) mass is 629 g/mol. The molecule has 0 radical (unpaired) electrons. The van der Waals surface area contributed by atoms with Gasteiger partial charge in [-0.05, 0) is 52.7 Å². The first-order valence-corrected chi connectivity index (χ1v) is 14.6. The summed E-state index contributed by atoms with van der Waals surface area (Å²) in [6.07, 6.45) is -5.71. The van der Waals surface area contributed by atoms with Crippen LogP contribution in [0.15, 0.2) is 48.5 Å². The Balaban J connectivity index is 1.50. The maximum atomic E-state index is 15.0. The number of nitrogens with one attached hydrogen (secondary N) is 1. The molecule has 1 N–H and O–H groups in total. The molecule has 2 aromatic carbocycles. The van der Waals surface area contributed by atoms with Crippen LogP contribution >= 0.6 is 0 Å². The summed E-state index contributed by atoms with van der Waals surface area (Å²) in [4.78, 5) is 39.0. The highest BCUT2D eigenvalue weighted by Gasteiger charge is 2.56. The summed E-state index contributed by atoms with van der Waals surface area (Å²) in [6, 6.07) is 11.4. The smallest absolute Gasteiger partial charge is 0.419 e. The van der Waals surface area contributed by atoms with Gasteiger partial charge in [-0.1, -0.05) is 42.5 Å². The van der Waals surface area contributed by atoms with E-state index in [1.165, 1.54) is 22.8 Å². The maximum Gasteiger partial charge on any atom is 0.419 e. The number of hydrogen-bond acceptors (Lipinski definition) is 7. The molecule has 2 aliphatic heterocycles. The number of carbonyl (C=O) groups is 2. The van der Waals surface area contributed by atoms with E-state index in [0.29, 0.717) is 29.6 Å². The van der Waals surface area contributed by atoms with Gasteiger partial charge >= 0.3 is 18.4 Å². The van der Waals surface area contributed by atoms with E-state index in [4.69, 9.17) is 14.5 Å². The van der Waals surface area contributed by atoms with Crippen molar-refractivity contribution in [3.8, 4) is 0 Å². The van der Waals surface area contributed by atoms with Crippen molar-refractivity contribution in [1.29, 1.82) is 0 Å². The Kier molecular flexibility index (Phi) is 8.41. The van der Waals surface area contributed by atoms with Crippen molar-refractivity contribution in [2.45, 2.75) is 77.5 Å². The number of likely N-dealkylation sites (tertiary alicyclic amines) is 1. The topological polar surface area (TPSA) is 96.9 Å². The van der Waals surface area contributed by atoms with Gasteiger partial charge in [-0.25, -0.2) is 23.9 Å². The van der Waals surface area contributed by atoms with Gasteiger partial charge in [0.25, 0.3) is 0 Å². The number of alkyl halides is 3. The predicted octanol–water partition coefficient (Wildman–Crippen LogP) is 7.10.